The Labute approximate surface area is 96.8 Å². The van der Waals surface area contributed by atoms with Gasteiger partial charge in [0.2, 0.25) is 0 Å². The summed E-state index contributed by atoms with van der Waals surface area (Å²) >= 11 is 0. The van der Waals surface area contributed by atoms with Crippen LogP contribution in [-0.2, 0) is 4.74 Å². The second kappa shape index (κ2) is 5.32. The number of rotatable bonds is 4. The molecule has 0 radical (unpaired) electrons. The lowest BCUT2D eigenvalue weighted by atomic mass is 10.1. The van der Waals surface area contributed by atoms with Crippen molar-refractivity contribution in [2.45, 2.75) is 25.6 Å². The third-order valence-electron chi connectivity index (χ3n) is 3.00. The Morgan fingerprint density at radius 1 is 1.31 bits per heavy atom. The molecule has 1 saturated heterocycles. The van der Waals surface area contributed by atoms with Crippen LogP contribution >= 0.6 is 0 Å². The van der Waals surface area contributed by atoms with Crippen LogP contribution in [-0.4, -0.2) is 26.3 Å². The summed E-state index contributed by atoms with van der Waals surface area (Å²) < 4.78 is 11.1. The van der Waals surface area contributed by atoms with Gasteiger partial charge in [-0.2, -0.15) is 0 Å². The van der Waals surface area contributed by atoms with Gasteiger partial charge in [0.25, 0.3) is 0 Å². The lowest BCUT2D eigenvalue weighted by Crippen LogP contribution is -2.18. The van der Waals surface area contributed by atoms with Crippen LogP contribution < -0.4 is 10.1 Å². The first kappa shape index (κ1) is 11.4. The fourth-order valence-corrected chi connectivity index (χ4v) is 1.99. The maximum Gasteiger partial charge on any atom is 0.118 e. The predicted molar refractivity (Wildman–Crippen MR) is 63.8 cm³/mol. The highest BCUT2D eigenvalue weighted by Crippen LogP contribution is 2.22. The first-order chi connectivity index (χ1) is 7.79. The quantitative estimate of drug-likeness (QED) is 0.845. The molecule has 0 aromatic heterocycles. The molecule has 1 aromatic carbocycles. The van der Waals surface area contributed by atoms with Crippen molar-refractivity contribution >= 4 is 0 Å². The lowest BCUT2D eigenvalue weighted by Gasteiger charge is -2.18. The number of nitrogens with one attached hydrogen (secondary N) is 1. The second-order valence-corrected chi connectivity index (χ2v) is 4.17. The number of methoxy groups -OCH3 is 1. The first-order valence-corrected chi connectivity index (χ1v) is 5.79. The molecule has 1 aliphatic rings. The van der Waals surface area contributed by atoms with Crippen molar-refractivity contribution in [3.8, 4) is 5.75 Å². The molecule has 0 aliphatic carbocycles. The minimum atomic E-state index is 0.149. The van der Waals surface area contributed by atoms with Crippen molar-refractivity contribution in [2.75, 3.05) is 20.2 Å². The molecule has 0 unspecified atom stereocenters. The van der Waals surface area contributed by atoms with Crippen molar-refractivity contribution in [2.24, 2.45) is 0 Å². The molecule has 0 bridgehead atoms. The van der Waals surface area contributed by atoms with E-state index in [0.29, 0.717) is 6.10 Å². The van der Waals surface area contributed by atoms with Crippen molar-refractivity contribution < 1.29 is 9.47 Å². The molecule has 0 saturated carbocycles. The Morgan fingerprint density at radius 2 is 2.06 bits per heavy atom. The topological polar surface area (TPSA) is 30.5 Å². The van der Waals surface area contributed by atoms with Gasteiger partial charge in [0, 0.05) is 6.54 Å². The van der Waals surface area contributed by atoms with Crippen LogP contribution in [0, 0.1) is 0 Å². The maximum atomic E-state index is 5.97. The minimum absolute atomic E-state index is 0.149. The van der Waals surface area contributed by atoms with Crippen LogP contribution in [0.5, 0.6) is 5.75 Å². The monoisotopic (exact) mass is 221 g/mol. The van der Waals surface area contributed by atoms with Crippen LogP contribution in [0.25, 0.3) is 0 Å². The molecule has 1 fully saturated rings. The van der Waals surface area contributed by atoms with E-state index in [-0.39, 0.29) is 6.10 Å². The van der Waals surface area contributed by atoms with Gasteiger partial charge in [0.05, 0.1) is 19.3 Å². The highest BCUT2D eigenvalue weighted by atomic mass is 16.5. The van der Waals surface area contributed by atoms with Gasteiger partial charge in [-0.3, -0.25) is 0 Å². The van der Waals surface area contributed by atoms with Gasteiger partial charge in [-0.05, 0) is 37.6 Å². The molecule has 2 atom stereocenters. The number of ether oxygens (including phenoxy) is 2. The predicted octanol–water partition coefficient (Wildman–Crippen LogP) is 2.13. The second-order valence-electron chi connectivity index (χ2n) is 4.17. The largest absolute Gasteiger partial charge is 0.497 e. The summed E-state index contributed by atoms with van der Waals surface area (Å²) in [6, 6.07) is 8.07. The number of benzene rings is 1. The molecule has 88 valence electrons. The van der Waals surface area contributed by atoms with Crippen molar-refractivity contribution in [3.63, 3.8) is 0 Å². The zero-order chi connectivity index (χ0) is 11.4. The zero-order valence-electron chi connectivity index (χ0n) is 9.90. The molecule has 3 heteroatoms. The van der Waals surface area contributed by atoms with Gasteiger partial charge in [-0.1, -0.05) is 12.1 Å². The average Bonchev–Trinajstić information content (AvgIpc) is 2.82. The summed E-state index contributed by atoms with van der Waals surface area (Å²) in [5.41, 5.74) is 1.20. The molecule has 1 aliphatic heterocycles. The molecule has 3 nitrogen and oxygen atoms in total. The first-order valence-electron chi connectivity index (χ1n) is 5.79. The molecular formula is C13H19NO2. The summed E-state index contributed by atoms with van der Waals surface area (Å²) in [6.45, 7) is 4.14. The Kier molecular flexibility index (Phi) is 3.80. The summed E-state index contributed by atoms with van der Waals surface area (Å²) in [5, 5.41) is 3.30. The van der Waals surface area contributed by atoms with E-state index < -0.39 is 0 Å². The van der Waals surface area contributed by atoms with Crippen LogP contribution in [0.4, 0.5) is 0 Å². The highest BCUT2D eigenvalue weighted by molar-refractivity contribution is 5.28. The van der Waals surface area contributed by atoms with E-state index in [1.165, 1.54) is 5.56 Å². The minimum Gasteiger partial charge on any atom is -0.497 e. The fourth-order valence-electron chi connectivity index (χ4n) is 1.99. The Bertz CT molecular complexity index is 317. The van der Waals surface area contributed by atoms with E-state index >= 15 is 0 Å². The summed E-state index contributed by atoms with van der Waals surface area (Å²) in [5.74, 6) is 0.887. The summed E-state index contributed by atoms with van der Waals surface area (Å²) in [6.07, 6.45) is 1.62. The van der Waals surface area contributed by atoms with Gasteiger partial charge in [-0.25, -0.2) is 0 Å². The maximum absolute atomic E-state index is 5.97. The van der Waals surface area contributed by atoms with Crippen LogP contribution in [0.1, 0.15) is 25.0 Å². The third kappa shape index (κ3) is 2.74. The van der Waals surface area contributed by atoms with E-state index in [9.17, 15) is 0 Å². The van der Waals surface area contributed by atoms with Gasteiger partial charge in [0.15, 0.2) is 0 Å². The number of hydrogen-bond acceptors (Lipinski definition) is 3. The van der Waals surface area contributed by atoms with Crippen molar-refractivity contribution in [3.05, 3.63) is 29.8 Å². The van der Waals surface area contributed by atoms with E-state index in [1.807, 2.05) is 12.1 Å². The SMILES string of the molecule is COc1ccc([C@H](C)O[C@H]2CCNC2)cc1. The van der Waals surface area contributed by atoms with Gasteiger partial charge in [-0.15, -0.1) is 0 Å². The van der Waals surface area contributed by atoms with Crippen molar-refractivity contribution in [1.82, 2.24) is 5.32 Å². The molecule has 0 amide bonds. The summed E-state index contributed by atoms with van der Waals surface area (Å²) in [4.78, 5) is 0. The molecule has 16 heavy (non-hydrogen) atoms. The average molecular weight is 221 g/mol. The third-order valence-corrected chi connectivity index (χ3v) is 3.00. The Morgan fingerprint density at radius 3 is 2.62 bits per heavy atom. The Balaban J connectivity index is 1.94. The van der Waals surface area contributed by atoms with Gasteiger partial charge < -0.3 is 14.8 Å². The molecule has 1 aromatic rings. The molecule has 1 N–H and O–H groups in total. The van der Waals surface area contributed by atoms with E-state index in [1.54, 1.807) is 7.11 Å². The van der Waals surface area contributed by atoms with E-state index in [0.717, 1.165) is 25.3 Å². The Hall–Kier alpha value is -1.06. The van der Waals surface area contributed by atoms with Gasteiger partial charge >= 0.3 is 0 Å². The van der Waals surface area contributed by atoms with E-state index in [4.69, 9.17) is 9.47 Å². The number of hydrogen-bond donors (Lipinski definition) is 1. The van der Waals surface area contributed by atoms with Gasteiger partial charge in [0.1, 0.15) is 5.75 Å². The zero-order valence-corrected chi connectivity index (χ0v) is 9.90. The van der Waals surface area contributed by atoms with Crippen LogP contribution in [0.2, 0.25) is 0 Å². The summed E-state index contributed by atoms with van der Waals surface area (Å²) in [7, 11) is 1.68. The molecule has 0 spiro atoms. The smallest absolute Gasteiger partial charge is 0.118 e. The molecule has 2 rings (SSSR count). The lowest BCUT2D eigenvalue weighted by molar-refractivity contribution is 0.00827. The fraction of sp³-hybridized carbons (Fsp3) is 0.538. The van der Waals surface area contributed by atoms with Crippen LogP contribution in [0.3, 0.4) is 0 Å². The van der Waals surface area contributed by atoms with Crippen LogP contribution in [0.15, 0.2) is 24.3 Å². The molecular weight excluding hydrogens is 202 g/mol. The highest BCUT2D eigenvalue weighted by Gasteiger charge is 2.18. The normalized spacial score (nSPS) is 22.0. The van der Waals surface area contributed by atoms with Crippen molar-refractivity contribution in [1.29, 1.82) is 0 Å². The standard InChI is InChI=1S/C13H19NO2/c1-10(16-13-7-8-14-9-13)11-3-5-12(15-2)6-4-11/h3-6,10,13-14H,7-9H2,1-2H3/t10-,13-/m0/s1. The van der Waals surface area contributed by atoms with E-state index in [2.05, 4.69) is 24.4 Å². The molecule has 1 heterocycles.